The number of urea groups is 2. The summed E-state index contributed by atoms with van der Waals surface area (Å²) in [6, 6.07) is -0.798. The van der Waals surface area contributed by atoms with Gasteiger partial charge in [-0.15, -0.1) is 0 Å². The van der Waals surface area contributed by atoms with Crippen molar-refractivity contribution in [3.8, 4) is 0 Å². The molecule has 0 aliphatic carbocycles. The molecule has 0 rings (SSSR count). The molecule has 0 aromatic heterocycles. The normalized spacial score (nSPS) is 10.8. The van der Waals surface area contributed by atoms with E-state index in [1.165, 1.54) is 0 Å². The fourth-order valence-electron chi connectivity index (χ4n) is 0.970. The Labute approximate surface area is 101 Å². The van der Waals surface area contributed by atoms with Gasteiger partial charge in [-0.1, -0.05) is 0 Å². The molecular weight excluding hydrogens is 224 g/mol. The number of ether oxygens (including phenoxy) is 1. The number of carbonyl (C=O) groups is 2. The minimum atomic E-state index is -0.573. The molecule has 0 fully saturated rings. The monoisotopic (exact) mass is 246 g/mol. The molecule has 0 saturated carbocycles. The third-order valence-electron chi connectivity index (χ3n) is 1.57. The summed E-state index contributed by atoms with van der Waals surface area (Å²) in [5.41, 5.74) is 4.61. The van der Waals surface area contributed by atoms with Gasteiger partial charge in [0.25, 0.3) is 0 Å². The Morgan fingerprint density at radius 1 is 1.12 bits per heavy atom. The Balaban J connectivity index is 3.34. The van der Waals surface area contributed by atoms with E-state index in [-0.39, 0.29) is 11.6 Å². The highest BCUT2D eigenvalue weighted by Gasteiger charge is 2.12. The second-order valence-corrected chi connectivity index (χ2v) is 4.53. The molecule has 0 aromatic rings. The van der Waals surface area contributed by atoms with Gasteiger partial charge in [0.15, 0.2) is 0 Å². The molecule has 0 aliphatic heterocycles. The van der Waals surface area contributed by atoms with Gasteiger partial charge >= 0.3 is 12.1 Å². The van der Waals surface area contributed by atoms with Crippen molar-refractivity contribution in [2.24, 2.45) is 5.73 Å². The summed E-state index contributed by atoms with van der Waals surface area (Å²) in [6.07, 6.45) is 0. The van der Waals surface area contributed by atoms with E-state index >= 15 is 0 Å². The van der Waals surface area contributed by atoms with E-state index in [1.807, 2.05) is 20.8 Å². The van der Waals surface area contributed by atoms with E-state index in [4.69, 9.17) is 10.5 Å². The van der Waals surface area contributed by atoms with Gasteiger partial charge in [0, 0.05) is 18.6 Å². The predicted molar refractivity (Wildman–Crippen MR) is 64.7 cm³/mol. The first-order chi connectivity index (χ1) is 7.81. The molecule has 0 atom stereocenters. The molecule has 0 heterocycles. The second-order valence-electron chi connectivity index (χ2n) is 4.53. The highest BCUT2D eigenvalue weighted by Crippen LogP contribution is 1.96. The zero-order valence-corrected chi connectivity index (χ0v) is 10.6. The highest BCUT2D eigenvalue weighted by atomic mass is 16.5. The Kier molecular flexibility index (Phi) is 7.04. The lowest BCUT2D eigenvalue weighted by Gasteiger charge is -2.20. The summed E-state index contributed by atoms with van der Waals surface area (Å²) in [7, 11) is 0. The first kappa shape index (κ1) is 15.5. The number of carbonyl (C=O) groups excluding carboxylic acids is 2. The van der Waals surface area contributed by atoms with Gasteiger partial charge in [0.05, 0.1) is 13.2 Å². The largest absolute Gasteiger partial charge is 0.378 e. The SMILES string of the molecule is CC(C)(C)NC(=O)NCCOCCNC(N)=O. The Morgan fingerprint density at radius 2 is 1.65 bits per heavy atom. The number of nitrogens with one attached hydrogen (secondary N) is 3. The van der Waals surface area contributed by atoms with Crippen molar-refractivity contribution in [3.63, 3.8) is 0 Å². The third kappa shape index (κ3) is 12.4. The van der Waals surface area contributed by atoms with Crippen LogP contribution in [-0.4, -0.2) is 43.9 Å². The lowest BCUT2D eigenvalue weighted by atomic mass is 10.1. The van der Waals surface area contributed by atoms with Crippen LogP contribution in [0.4, 0.5) is 9.59 Å². The minimum absolute atomic E-state index is 0.226. The molecule has 4 amide bonds. The molecule has 0 saturated heterocycles. The number of primary amides is 1. The van der Waals surface area contributed by atoms with Crippen molar-refractivity contribution in [2.45, 2.75) is 26.3 Å². The Bertz CT molecular complexity index is 250. The molecule has 7 heteroatoms. The van der Waals surface area contributed by atoms with Gasteiger partial charge < -0.3 is 26.4 Å². The zero-order chi connectivity index (χ0) is 13.3. The van der Waals surface area contributed by atoms with E-state index < -0.39 is 6.03 Å². The topological polar surface area (TPSA) is 105 Å². The van der Waals surface area contributed by atoms with Gasteiger partial charge in [-0.05, 0) is 20.8 Å². The van der Waals surface area contributed by atoms with E-state index in [0.29, 0.717) is 26.3 Å². The maximum Gasteiger partial charge on any atom is 0.315 e. The van der Waals surface area contributed by atoms with Crippen LogP contribution in [0.2, 0.25) is 0 Å². The van der Waals surface area contributed by atoms with Crippen molar-refractivity contribution in [2.75, 3.05) is 26.3 Å². The van der Waals surface area contributed by atoms with Crippen LogP contribution in [0.5, 0.6) is 0 Å². The summed E-state index contributed by atoms with van der Waals surface area (Å²) in [6.45, 7) is 7.24. The van der Waals surface area contributed by atoms with Crippen molar-refractivity contribution < 1.29 is 14.3 Å². The fraction of sp³-hybridized carbons (Fsp3) is 0.800. The number of hydrogen-bond donors (Lipinski definition) is 4. The maximum absolute atomic E-state index is 11.3. The molecule has 0 spiro atoms. The van der Waals surface area contributed by atoms with Crippen molar-refractivity contribution >= 4 is 12.1 Å². The lowest BCUT2D eigenvalue weighted by molar-refractivity contribution is 0.138. The number of rotatable bonds is 6. The van der Waals surface area contributed by atoms with Gasteiger partial charge in [-0.2, -0.15) is 0 Å². The smallest absolute Gasteiger partial charge is 0.315 e. The number of nitrogens with two attached hydrogens (primary N) is 1. The van der Waals surface area contributed by atoms with Crippen LogP contribution in [0, 0.1) is 0 Å². The maximum atomic E-state index is 11.3. The van der Waals surface area contributed by atoms with Crippen LogP contribution < -0.4 is 21.7 Å². The number of amides is 4. The Hall–Kier alpha value is -1.50. The highest BCUT2D eigenvalue weighted by molar-refractivity contribution is 5.74. The summed E-state index contributed by atoms with van der Waals surface area (Å²) >= 11 is 0. The standard InChI is InChI=1S/C10H22N4O3/c1-10(2,3)14-9(16)13-5-7-17-6-4-12-8(11)15/h4-7H2,1-3H3,(H3,11,12,15)(H2,13,14,16). The van der Waals surface area contributed by atoms with Crippen LogP contribution in [-0.2, 0) is 4.74 Å². The summed E-state index contributed by atoms with van der Waals surface area (Å²) < 4.78 is 5.15. The molecule has 0 aliphatic rings. The molecule has 0 unspecified atom stereocenters. The number of hydrogen-bond acceptors (Lipinski definition) is 3. The van der Waals surface area contributed by atoms with Crippen LogP contribution in [0.15, 0.2) is 0 Å². The molecule has 0 aromatic carbocycles. The molecule has 100 valence electrons. The van der Waals surface area contributed by atoms with E-state index in [1.54, 1.807) is 0 Å². The summed E-state index contributed by atoms with van der Waals surface area (Å²) in [4.78, 5) is 21.6. The van der Waals surface area contributed by atoms with Crippen LogP contribution >= 0.6 is 0 Å². The van der Waals surface area contributed by atoms with E-state index in [9.17, 15) is 9.59 Å². The van der Waals surface area contributed by atoms with Gasteiger partial charge in [0.1, 0.15) is 0 Å². The van der Waals surface area contributed by atoms with Gasteiger partial charge in [0.2, 0.25) is 0 Å². The second kappa shape index (κ2) is 7.72. The van der Waals surface area contributed by atoms with E-state index in [0.717, 1.165) is 0 Å². The average molecular weight is 246 g/mol. The van der Waals surface area contributed by atoms with Gasteiger partial charge in [-0.3, -0.25) is 0 Å². The van der Waals surface area contributed by atoms with Crippen LogP contribution in [0.25, 0.3) is 0 Å². The van der Waals surface area contributed by atoms with E-state index in [2.05, 4.69) is 16.0 Å². The summed E-state index contributed by atoms with van der Waals surface area (Å²) in [5, 5.41) is 7.80. The van der Waals surface area contributed by atoms with Crippen LogP contribution in [0.3, 0.4) is 0 Å². The molecule has 0 bridgehead atoms. The zero-order valence-electron chi connectivity index (χ0n) is 10.6. The first-order valence-electron chi connectivity index (χ1n) is 5.48. The first-order valence-corrected chi connectivity index (χ1v) is 5.48. The Morgan fingerprint density at radius 3 is 2.12 bits per heavy atom. The lowest BCUT2D eigenvalue weighted by Crippen LogP contribution is -2.47. The fourth-order valence-corrected chi connectivity index (χ4v) is 0.970. The molecule has 17 heavy (non-hydrogen) atoms. The van der Waals surface area contributed by atoms with Crippen molar-refractivity contribution in [1.29, 1.82) is 0 Å². The van der Waals surface area contributed by atoms with Crippen molar-refractivity contribution in [3.05, 3.63) is 0 Å². The average Bonchev–Trinajstić information content (AvgIpc) is 2.12. The van der Waals surface area contributed by atoms with Gasteiger partial charge in [-0.25, -0.2) is 9.59 Å². The molecule has 7 nitrogen and oxygen atoms in total. The quantitative estimate of drug-likeness (QED) is 0.486. The van der Waals surface area contributed by atoms with Crippen molar-refractivity contribution in [1.82, 2.24) is 16.0 Å². The van der Waals surface area contributed by atoms with Crippen LogP contribution in [0.1, 0.15) is 20.8 Å². The summed E-state index contributed by atoms with van der Waals surface area (Å²) in [5.74, 6) is 0. The predicted octanol–water partition coefficient (Wildman–Crippen LogP) is -0.231. The minimum Gasteiger partial charge on any atom is -0.378 e. The molecule has 0 radical (unpaired) electrons. The third-order valence-corrected chi connectivity index (χ3v) is 1.57. The molecule has 5 N–H and O–H groups in total. The molecular formula is C10H22N4O3.